The quantitative estimate of drug-likeness (QED) is 0.868. The van der Waals surface area contributed by atoms with Crippen LogP contribution in [-0.4, -0.2) is 44.4 Å². The molecule has 6 nitrogen and oxygen atoms in total. The van der Waals surface area contributed by atoms with Gasteiger partial charge in [-0.2, -0.15) is 13.2 Å². The standard InChI is InChI=1S/C15H15ClF3N3O3/c1-3-21(5-4-11(23)24)14(25)12-8(2)20-13-10(16)6-9(7-22(12)13)15(17,18)19/h6-7H,3-5H2,1-2H3,(H,23,24). The smallest absolute Gasteiger partial charge is 0.417 e. The zero-order valence-electron chi connectivity index (χ0n) is 13.4. The number of pyridine rings is 1. The van der Waals surface area contributed by atoms with Crippen molar-refractivity contribution in [2.24, 2.45) is 0 Å². The molecule has 0 aliphatic heterocycles. The molecule has 10 heteroatoms. The number of halogens is 4. The molecule has 0 atom stereocenters. The van der Waals surface area contributed by atoms with Gasteiger partial charge in [0, 0.05) is 19.3 Å². The lowest BCUT2D eigenvalue weighted by molar-refractivity contribution is -0.138. The van der Waals surface area contributed by atoms with Crippen LogP contribution in [0.25, 0.3) is 5.65 Å². The Kier molecular flexibility index (Phi) is 5.26. The van der Waals surface area contributed by atoms with Crippen molar-refractivity contribution >= 4 is 29.1 Å². The number of aryl methyl sites for hydroxylation is 1. The lowest BCUT2D eigenvalue weighted by atomic mass is 10.2. The highest BCUT2D eigenvalue weighted by atomic mass is 35.5. The van der Waals surface area contributed by atoms with Gasteiger partial charge < -0.3 is 10.0 Å². The van der Waals surface area contributed by atoms with E-state index in [2.05, 4.69) is 4.98 Å². The highest BCUT2D eigenvalue weighted by Gasteiger charge is 2.33. The van der Waals surface area contributed by atoms with E-state index in [0.717, 1.165) is 16.7 Å². The minimum absolute atomic E-state index is 0.0322. The van der Waals surface area contributed by atoms with E-state index in [9.17, 15) is 22.8 Å². The maximum absolute atomic E-state index is 13.0. The summed E-state index contributed by atoms with van der Waals surface area (Å²) in [6.45, 7) is 3.26. The van der Waals surface area contributed by atoms with Crippen molar-refractivity contribution in [2.45, 2.75) is 26.4 Å². The fraction of sp³-hybridized carbons (Fsp3) is 0.400. The number of hydrogen-bond acceptors (Lipinski definition) is 3. The number of carbonyl (C=O) groups excluding carboxylic acids is 1. The molecule has 0 unspecified atom stereocenters. The summed E-state index contributed by atoms with van der Waals surface area (Å²) in [7, 11) is 0. The van der Waals surface area contributed by atoms with Crippen molar-refractivity contribution in [3.8, 4) is 0 Å². The third kappa shape index (κ3) is 3.87. The molecule has 1 N–H and O–H groups in total. The molecule has 0 bridgehead atoms. The Bertz CT molecular complexity index is 833. The molecule has 2 aromatic rings. The minimum Gasteiger partial charge on any atom is -0.481 e. The minimum atomic E-state index is -4.63. The Morgan fingerprint density at radius 1 is 1.40 bits per heavy atom. The predicted molar refractivity (Wildman–Crippen MR) is 83.8 cm³/mol. The lowest BCUT2D eigenvalue weighted by Gasteiger charge is -2.20. The van der Waals surface area contributed by atoms with Gasteiger partial charge in [-0.15, -0.1) is 0 Å². The van der Waals surface area contributed by atoms with E-state index in [-0.39, 0.29) is 41.6 Å². The summed E-state index contributed by atoms with van der Waals surface area (Å²) >= 11 is 5.89. The average Bonchev–Trinajstić information content (AvgIpc) is 2.83. The molecule has 0 spiro atoms. The first-order chi connectivity index (χ1) is 11.6. The molecule has 0 saturated heterocycles. The monoisotopic (exact) mass is 377 g/mol. The number of fused-ring (bicyclic) bond motifs is 1. The second-order valence-corrected chi connectivity index (χ2v) is 5.75. The molecule has 25 heavy (non-hydrogen) atoms. The van der Waals surface area contributed by atoms with Gasteiger partial charge in [-0.25, -0.2) is 4.98 Å². The van der Waals surface area contributed by atoms with Crippen molar-refractivity contribution in [1.29, 1.82) is 0 Å². The van der Waals surface area contributed by atoms with Crippen LogP contribution < -0.4 is 0 Å². The molecule has 0 aliphatic carbocycles. The molecule has 136 valence electrons. The second kappa shape index (κ2) is 6.91. The summed E-state index contributed by atoms with van der Waals surface area (Å²) in [5.41, 5.74) is -0.843. The Balaban J connectivity index is 2.56. The maximum atomic E-state index is 13.0. The third-order valence-corrected chi connectivity index (χ3v) is 3.92. The predicted octanol–water partition coefficient (Wildman–Crippen LogP) is 3.25. The van der Waals surface area contributed by atoms with E-state index in [1.54, 1.807) is 6.92 Å². The van der Waals surface area contributed by atoms with E-state index in [0.29, 0.717) is 0 Å². The van der Waals surface area contributed by atoms with Gasteiger partial charge in [0.15, 0.2) is 5.65 Å². The van der Waals surface area contributed by atoms with Crippen LogP contribution in [-0.2, 0) is 11.0 Å². The molecular weight excluding hydrogens is 363 g/mol. The largest absolute Gasteiger partial charge is 0.481 e. The molecule has 0 saturated carbocycles. The Morgan fingerprint density at radius 3 is 2.56 bits per heavy atom. The van der Waals surface area contributed by atoms with Crippen LogP contribution in [0.2, 0.25) is 5.02 Å². The van der Waals surface area contributed by atoms with Crippen LogP contribution in [0.4, 0.5) is 13.2 Å². The van der Waals surface area contributed by atoms with Crippen molar-refractivity contribution in [3.05, 3.63) is 34.2 Å². The first kappa shape index (κ1) is 19.0. The fourth-order valence-electron chi connectivity index (χ4n) is 2.41. The number of carboxylic acids is 1. The van der Waals surface area contributed by atoms with Crippen LogP contribution in [0.1, 0.15) is 35.1 Å². The zero-order valence-corrected chi connectivity index (χ0v) is 14.1. The highest BCUT2D eigenvalue weighted by Crippen LogP contribution is 2.33. The normalized spacial score (nSPS) is 11.8. The van der Waals surface area contributed by atoms with E-state index in [1.807, 2.05) is 0 Å². The van der Waals surface area contributed by atoms with Crippen LogP contribution in [0.3, 0.4) is 0 Å². The molecule has 0 aliphatic rings. The van der Waals surface area contributed by atoms with Gasteiger partial charge >= 0.3 is 12.1 Å². The van der Waals surface area contributed by atoms with Gasteiger partial charge in [-0.3, -0.25) is 14.0 Å². The summed E-state index contributed by atoms with van der Waals surface area (Å²) in [6.07, 6.45) is -4.15. The molecule has 1 amide bonds. The SMILES string of the molecule is CCN(CCC(=O)O)C(=O)c1c(C)nc2c(Cl)cc(C(F)(F)F)cn12. The van der Waals surface area contributed by atoms with E-state index in [1.165, 1.54) is 11.8 Å². The topological polar surface area (TPSA) is 74.9 Å². The molecule has 2 aromatic heterocycles. The number of imidazole rings is 1. The number of amides is 1. The van der Waals surface area contributed by atoms with Crippen molar-refractivity contribution in [2.75, 3.05) is 13.1 Å². The second-order valence-electron chi connectivity index (χ2n) is 5.34. The van der Waals surface area contributed by atoms with Gasteiger partial charge in [0.25, 0.3) is 5.91 Å². The number of carbonyl (C=O) groups is 2. The van der Waals surface area contributed by atoms with Crippen molar-refractivity contribution in [3.63, 3.8) is 0 Å². The van der Waals surface area contributed by atoms with E-state index in [4.69, 9.17) is 16.7 Å². The third-order valence-electron chi connectivity index (χ3n) is 3.64. The number of aromatic nitrogens is 2. The Hall–Kier alpha value is -2.29. The number of carboxylic acid groups (broad SMARTS) is 1. The molecular formula is C15H15ClF3N3O3. The molecule has 0 radical (unpaired) electrons. The fourth-order valence-corrected chi connectivity index (χ4v) is 2.66. The van der Waals surface area contributed by atoms with E-state index < -0.39 is 23.6 Å². The molecule has 2 rings (SSSR count). The van der Waals surface area contributed by atoms with Crippen LogP contribution in [0, 0.1) is 6.92 Å². The van der Waals surface area contributed by atoms with Crippen LogP contribution in [0.15, 0.2) is 12.3 Å². The first-order valence-electron chi connectivity index (χ1n) is 7.32. The Labute approximate surface area is 145 Å². The zero-order chi connectivity index (χ0) is 18.9. The number of rotatable bonds is 5. The van der Waals surface area contributed by atoms with E-state index >= 15 is 0 Å². The number of hydrogen-bond donors (Lipinski definition) is 1. The summed E-state index contributed by atoms with van der Waals surface area (Å²) in [6, 6.07) is 0.750. The molecule has 2 heterocycles. The van der Waals surface area contributed by atoms with Gasteiger partial charge in [0.1, 0.15) is 5.69 Å². The van der Waals surface area contributed by atoms with Gasteiger partial charge in [0.05, 0.1) is 22.7 Å². The van der Waals surface area contributed by atoms with Gasteiger partial charge in [0.2, 0.25) is 0 Å². The van der Waals surface area contributed by atoms with Crippen LogP contribution >= 0.6 is 11.6 Å². The summed E-state index contributed by atoms with van der Waals surface area (Å²) < 4.78 is 40.1. The maximum Gasteiger partial charge on any atom is 0.417 e. The summed E-state index contributed by atoms with van der Waals surface area (Å²) in [5.74, 6) is -1.69. The Morgan fingerprint density at radius 2 is 2.04 bits per heavy atom. The lowest BCUT2D eigenvalue weighted by Crippen LogP contribution is -2.34. The highest BCUT2D eigenvalue weighted by molar-refractivity contribution is 6.33. The first-order valence-corrected chi connectivity index (χ1v) is 7.70. The van der Waals surface area contributed by atoms with Crippen LogP contribution in [0.5, 0.6) is 0 Å². The van der Waals surface area contributed by atoms with Gasteiger partial charge in [-0.1, -0.05) is 11.6 Å². The molecule has 0 aromatic carbocycles. The summed E-state index contributed by atoms with van der Waals surface area (Å²) in [5, 5.41) is 8.53. The number of nitrogens with zero attached hydrogens (tertiary/aromatic N) is 3. The van der Waals surface area contributed by atoms with Gasteiger partial charge in [-0.05, 0) is 19.9 Å². The molecule has 0 fully saturated rings. The number of alkyl halides is 3. The average molecular weight is 378 g/mol. The van der Waals surface area contributed by atoms with Crippen molar-refractivity contribution in [1.82, 2.24) is 14.3 Å². The summed E-state index contributed by atoms with van der Waals surface area (Å²) in [4.78, 5) is 28.7. The number of aliphatic carboxylic acids is 1. The van der Waals surface area contributed by atoms with Crippen molar-refractivity contribution < 1.29 is 27.9 Å².